The van der Waals surface area contributed by atoms with Gasteiger partial charge in [0.15, 0.2) is 0 Å². The van der Waals surface area contributed by atoms with E-state index in [0.29, 0.717) is 13.0 Å². The third kappa shape index (κ3) is 7.87. The Morgan fingerprint density at radius 1 is 1.59 bits per heavy atom. The highest BCUT2D eigenvalue weighted by atomic mass is 32.2. The van der Waals surface area contributed by atoms with E-state index in [1.807, 2.05) is 4.72 Å². The first-order valence-corrected chi connectivity index (χ1v) is 6.91. The maximum absolute atomic E-state index is 11.8. The van der Waals surface area contributed by atoms with Gasteiger partial charge >= 0.3 is 0 Å². The van der Waals surface area contributed by atoms with Crippen LogP contribution in [0.1, 0.15) is 19.8 Å². The van der Waals surface area contributed by atoms with E-state index >= 15 is 0 Å². The second-order valence-electron chi connectivity index (χ2n) is 3.42. The second kappa shape index (κ2) is 8.19. The summed E-state index contributed by atoms with van der Waals surface area (Å²) in [5.74, 6) is -1.15. The summed E-state index contributed by atoms with van der Waals surface area (Å²) in [6, 6.07) is 0. The van der Waals surface area contributed by atoms with Crippen LogP contribution in [-0.2, 0) is 19.6 Å². The van der Waals surface area contributed by atoms with Crippen LogP contribution < -0.4 is 4.72 Å². The van der Waals surface area contributed by atoms with Crippen molar-refractivity contribution >= 4 is 15.9 Å². The molecule has 0 bridgehead atoms. The minimum absolute atomic E-state index is 0.131. The number of nitrogens with one attached hydrogen (secondary N) is 1. The molecule has 7 heteroatoms. The van der Waals surface area contributed by atoms with Crippen molar-refractivity contribution in [1.29, 1.82) is 0 Å². The van der Waals surface area contributed by atoms with Crippen LogP contribution in [0.3, 0.4) is 0 Å². The van der Waals surface area contributed by atoms with Gasteiger partial charge in [-0.05, 0) is 19.8 Å². The summed E-state index contributed by atoms with van der Waals surface area (Å²) >= 11 is 0. The lowest BCUT2D eigenvalue weighted by atomic mass is 10.4. The highest BCUT2D eigenvalue weighted by molar-refractivity contribution is 7.90. The molecule has 0 heterocycles. The Bertz CT molecular complexity index is 342. The Labute approximate surface area is 101 Å². The van der Waals surface area contributed by atoms with Crippen LogP contribution in [0, 0.1) is 0 Å². The van der Waals surface area contributed by atoms with E-state index in [9.17, 15) is 17.6 Å². The Balaban J connectivity index is 4.10. The Kier molecular flexibility index (Phi) is 7.73. The SMILES string of the molecule is C=CCCOC(C)C(=O)NS(=O)(=O)CCCF. The summed E-state index contributed by atoms with van der Waals surface area (Å²) in [5, 5.41) is 0. The number of sulfonamides is 1. The number of amides is 1. The van der Waals surface area contributed by atoms with Crippen molar-refractivity contribution in [2.45, 2.75) is 25.9 Å². The van der Waals surface area contributed by atoms with Crippen molar-refractivity contribution < 1.29 is 22.3 Å². The summed E-state index contributed by atoms with van der Waals surface area (Å²) in [4.78, 5) is 11.4. The molecule has 0 aliphatic carbocycles. The number of alkyl halides is 1. The lowest BCUT2D eigenvalue weighted by Gasteiger charge is -2.12. The van der Waals surface area contributed by atoms with E-state index in [2.05, 4.69) is 6.58 Å². The number of hydrogen-bond donors (Lipinski definition) is 1. The summed E-state index contributed by atoms with van der Waals surface area (Å²) in [7, 11) is -3.76. The van der Waals surface area contributed by atoms with Crippen LogP contribution in [0.4, 0.5) is 4.39 Å². The molecule has 0 fully saturated rings. The van der Waals surface area contributed by atoms with Gasteiger partial charge in [0.05, 0.1) is 19.0 Å². The molecule has 0 aromatic heterocycles. The zero-order valence-electron chi connectivity index (χ0n) is 9.82. The molecule has 1 unspecified atom stereocenters. The predicted octanol–water partition coefficient (Wildman–Crippen LogP) is 0.773. The highest BCUT2D eigenvalue weighted by Gasteiger charge is 2.19. The third-order valence-electron chi connectivity index (χ3n) is 1.86. The fourth-order valence-electron chi connectivity index (χ4n) is 0.936. The fraction of sp³-hybridized carbons (Fsp3) is 0.700. The summed E-state index contributed by atoms with van der Waals surface area (Å²) in [5.41, 5.74) is 0. The zero-order chi connectivity index (χ0) is 13.3. The second-order valence-corrected chi connectivity index (χ2v) is 5.26. The molecule has 17 heavy (non-hydrogen) atoms. The summed E-state index contributed by atoms with van der Waals surface area (Å²) in [6.45, 7) is 4.49. The maximum atomic E-state index is 11.8. The van der Waals surface area contributed by atoms with Gasteiger partial charge in [-0.15, -0.1) is 6.58 Å². The van der Waals surface area contributed by atoms with Crippen molar-refractivity contribution in [3.8, 4) is 0 Å². The largest absolute Gasteiger partial charge is 0.368 e. The number of ether oxygens (including phenoxy) is 1. The van der Waals surface area contributed by atoms with Gasteiger partial charge in [0, 0.05) is 0 Å². The molecule has 0 spiro atoms. The van der Waals surface area contributed by atoms with E-state index in [-0.39, 0.29) is 6.42 Å². The van der Waals surface area contributed by atoms with Crippen molar-refractivity contribution in [1.82, 2.24) is 4.72 Å². The fourth-order valence-corrected chi connectivity index (χ4v) is 2.00. The van der Waals surface area contributed by atoms with Gasteiger partial charge < -0.3 is 4.74 Å². The van der Waals surface area contributed by atoms with Crippen molar-refractivity contribution in [3.63, 3.8) is 0 Å². The zero-order valence-corrected chi connectivity index (χ0v) is 10.6. The smallest absolute Gasteiger partial charge is 0.262 e. The lowest BCUT2D eigenvalue weighted by molar-refractivity contribution is -0.129. The molecular formula is C10H18FNO4S. The average molecular weight is 267 g/mol. The molecule has 0 saturated heterocycles. The Morgan fingerprint density at radius 3 is 2.76 bits per heavy atom. The molecule has 5 nitrogen and oxygen atoms in total. The van der Waals surface area contributed by atoms with Crippen LogP contribution in [0.2, 0.25) is 0 Å². The molecule has 0 aromatic rings. The minimum atomic E-state index is -3.76. The van der Waals surface area contributed by atoms with Crippen LogP contribution in [0.25, 0.3) is 0 Å². The normalized spacial score (nSPS) is 13.1. The van der Waals surface area contributed by atoms with Crippen LogP contribution in [0.15, 0.2) is 12.7 Å². The molecular weight excluding hydrogens is 249 g/mol. The van der Waals surface area contributed by atoms with E-state index in [4.69, 9.17) is 4.74 Å². The standard InChI is InChI=1S/C10H18FNO4S/c1-3-4-7-16-9(2)10(13)12-17(14,15)8-5-6-11/h3,9H,1,4-8H2,2H3,(H,12,13). The molecule has 1 N–H and O–H groups in total. The monoisotopic (exact) mass is 267 g/mol. The van der Waals surface area contributed by atoms with Gasteiger partial charge in [-0.2, -0.15) is 0 Å². The van der Waals surface area contributed by atoms with Gasteiger partial charge in [-0.1, -0.05) is 6.08 Å². The molecule has 0 aromatic carbocycles. The molecule has 0 radical (unpaired) electrons. The van der Waals surface area contributed by atoms with Gasteiger partial charge in [0.25, 0.3) is 5.91 Å². The third-order valence-corrected chi connectivity index (χ3v) is 3.20. The summed E-state index contributed by atoms with van der Waals surface area (Å²) in [6.07, 6.45) is 1.21. The van der Waals surface area contributed by atoms with Gasteiger partial charge in [0.2, 0.25) is 10.0 Å². The van der Waals surface area contributed by atoms with Crippen molar-refractivity contribution in [2.24, 2.45) is 0 Å². The quantitative estimate of drug-likeness (QED) is 0.495. The van der Waals surface area contributed by atoms with E-state index in [1.165, 1.54) is 6.92 Å². The highest BCUT2D eigenvalue weighted by Crippen LogP contribution is 1.97. The predicted molar refractivity (Wildman–Crippen MR) is 62.7 cm³/mol. The molecule has 0 rings (SSSR count). The number of hydrogen-bond acceptors (Lipinski definition) is 4. The van der Waals surface area contributed by atoms with Crippen LogP contribution in [0.5, 0.6) is 0 Å². The van der Waals surface area contributed by atoms with Crippen molar-refractivity contribution in [3.05, 3.63) is 12.7 Å². The Hall–Kier alpha value is -0.950. The number of carbonyl (C=O) groups is 1. The number of rotatable bonds is 9. The molecule has 1 atom stereocenters. The minimum Gasteiger partial charge on any atom is -0.368 e. The molecule has 1 amide bonds. The van der Waals surface area contributed by atoms with E-state index in [0.717, 1.165) is 0 Å². The first kappa shape index (κ1) is 16.1. The first-order valence-electron chi connectivity index (χ1n) is 5.25. The molecule has 100 valence electrons. The van der Waals surface area contributed by atoms with E-state index < -0.39 is 34.5 Å². The topological polar surface area (TPSA) is 72.5 Å². The van der Waals surface area contributed by atoms with Gasteiger partial charge in [-0.25, -0.2) is 8.42 Å². The van der Waals surface area contributed by atoms with Crippen LogP contribution >= 0.6 is 0 Å². The first-order chi connectivity index (χ1) is 7.93. The Morgan fingerprint density at radius 2 is 2.24 bits per heavy atom. The van der Waals surface area contributed by atoms with Crippen LogP contribution in [-0.4, -0.2) is 39.5 Å². The average Bonchev–Trinajstić information content (AvgIpc) is 2.26. The maximum Gasteiger partial charge on any atom is 0.262 e. The van der Waals surface area contributed by atoms with Gasteiger partial charge in [-0.3, -0.25) is 13.9 Å². The summed E-state index contributed by atoms with van der Waals surface area (Å²) < 4.78 is 41.2. The molecule has 0 aliphatic rings. The van der Waals surface area contributed by atoms with E-state index in [1.54, 1.807) is 6.08 Å². The number of carbonyl (C=O) groups excluding carboxylic acids is 1. The number of halogens is 1. The van der Waals surface area contributed by atoms with Gasteiger partial charge in [0.1, 0.15) is 6.10 Å². The molecule has 0 saturated carbocycles. The molecule has 0 aliphatic heterocycles. The van der Waals surface area contributed by atoms with Crippen molar-refractivity contribution in [2.75, 3.05) is 19.0 Å². The lowest BCUT2D eigenvalue weighted by Crippen LogP contribution is -2.39.